The van der Waals surface area contributed by atoms with Gasteiger partial charge in [0.15, 0.2) is 0 Å². The van der Waals surface area contributed by atoms with E-state index in [2.05, 4.69) is 4.98 Å². The third-order valence-electron chi connectivity index (χ3n) is 3.37. The molecule has 0 radical (unpaired) electrons. The lowest BCUT2D eigenvalue weighted by atomic mass is 10.0. The Morgan fingerprint density at radius 2 is 1.91 bits per heavy atom. The number of aromatic nitrogens is 1. The van der Waals surface area contributed by atoms with Crippen LogP contribution in [0.4, 0.5) is 9.18 Å². The van der Waals surface area contributed by atoms with Gasteiger partial charge in [-0.15, -0.1) is 0 Å². The van der Waals surface area contributed by atoms with Gasteiger partial charge in [0.2, 0.25) is 0 Å². The number of hydrogen-bond donors (Lipinski definition) is 1. The summed E-state index contributed by atoms with van der Waals surface area (Å²) in [4.78, 5) is 15.5. The second-order valence-electron chi connectivity index (χ2n) is 4.81. The minimum Gasteiger partial charge on any atom is -0.449 e. The van der Waals surface area contributed by atoms with Crippen molar-refractivity contribution in [3.05, 3.63) is 59.9 Å². The molecule has 0 unspecified atom stereocenters. The number of nitrogens with zero attached hydrogens (tertiary/aromatic N) is 1. The fourth-order valence-corrected chi connectivity index (χ4v) is 2.40. The molecule has 3 aromatic rings. The van der Waals surface area contributed by atoms with Crippen molar-refractivity contribution in [2.45, 2.75) is 6.92 Å². The van der Waals surface area contributed by atoms with E-state index in [4.69, 9.17) is 9.84 Å². The lowest BCUT2D eigenvalue weighted by Crippen LogP contribution is -2.06. The number of benzene rings is 2. The van der Waals surface area contributed by atoms with E-state index in [1.807, 2.05) is 30.3 Å². The maximum atomic E-state index is 13.5. The summed E-state index contributed by atoms with van der Waals surface area (Å²) >= 11 is 0. The Morgan fingerprint density at radius 1 is 1.18 bits per heavy atom. The standard InChI is InChI=1S/C17H12FNO3/c1-10-15(11-5-3-2-4-6-11)19-14-8-7-12(18)9-13(14)16(10)22-17(20)21/h2-9H,1H3,(H,20,21). The highest BCUT2D eigenvalue weighted by atomic mass is 19.1. The Morgan fingerprint density at radius 3 is 2.59 bits per heavy atom. The molecule has 0 spiro atoms. The highest BCUT2D eigenvalue weighted by Gasteiger charge is 2.17. The third kappa shape index (κ3) is 2.48. The zero-order chi connectivity index (χ0) is 15.7. The van der Waals surface area contributed by atoms with Crippen LogP contribution in [0.5, 0.6) is 5.75 Å². The Hall–Kier alpha value is -2.95. The molecule has 1 heterocycles. The lowest BCUT2D eigenvalue weighted by Gasteiger charge is -2.13. The first-order valence-electron chi connectivity index (χ1n) is 6.62. The smallest absolute Gasteiger partial charge is 0.449 e. The summed E-state index contributed by atoms with van der Waals surface area (Å²) in [6.45, 7) is 1.71. The Kier molecular flexibility index (Phi) is 3.47. The van der Waals surface area contributed by atoms with Gasteiger partial charge in [-0.3, -0.25) is 0 Å². The van der Waals surface area contributed by atoms with Crippen molar-refractivity contribution < 1.29 is 19.0 Å². The zero-order valence-electron chi connectivity index (χ0n) is 11.7. The molecule has 0 aliphatic carbocycles. The van der Waals surface area contributed by atoms with Gasteiger partial charge in [-0.05, 0) is 25.1 Å². The van der Waals surface area contributed by atoms with Crippen molar-refractivity contribution >= 4 is 17.1 Å². The van der Waals surface area contributed by atoms with Crippen LogP contribution in [0.2, 0.25) is 0 Å². The van der Waals surface area contributed by atoms with Crippen molar-refractivity contribution in [2.75, 3.05) is 0 Å². The molecule has 0 aliphatic heterocycles. The Balaban J connectivity index is 2.33. The van der Waals surface area contributed by atoms with Gasteiger partial charge in [0, 0.05) is 16.5 Å². The number of pyridine rings is 1. The van der Waals surface area contributed by atoms with Crippen LogP contribution < -0.4 is 4.74 Å². The first kappa shape index (κ1) is 14.0. The minimum atomic E-state index is -1.45. The van der Waals surface area contributed by atoms with E-state index in [1.54, 1.807) is 6.92 Å². The fourth-order valence-electron chi connectivity index (χ4n) is 2.40. The van der Waals surface area contributed by atoms with Crippen LogP contribution in [0.3, 0.4) is 0 Å². The van der Waals surface area contributed by atoms with Crippen LogP contribution in [0.25, 0.3) is 22.2 Å². The van der Waals surface area contributed by atoms with E-state index in [9.17, 15) is 9.18 Å². The Bertz CT molecular complexity index is 863. The molecule has 5 heteroatoms. The van der Waals surface area contributed by atoms with Crippen molar-refractivity contribution in [3.63, 3.8) is 0 Å². The molecule has 1 N–H and O–H groups in total. The Labute approximate surface area is 125 Å². The van der Waals surface area contributed by atoms with Crippen molar-refractivity contribution in [2.24, 2.45) is 0 Å². The third-order valence-corrected chi connectivity index (χ3v) is 3.37. The molecule has 2 aromatic carbocycles. The van der Waals surface area contributed by atoms with Gasteiger partial charge in [0.05, 0.1) is 11.2 Å². The van der Waals surface area contributed by atoms with E-state index >= 15 is 0 Å². The van der Waals surface area contributed by atoms with Gasteiger partial charge in [-0.1, -0.05) is 30.3 Å². The van der Waals surface area contributed by atoms with Gasteiger partial charge in [0.25, 0.3) is 0 Å². The van der Waals surface area contributed by atoms with E-state index < -0.39 is 12.0 Å². The molecule has 0 atom stereocenters. The average Bonchev–Trinajstić information content (AvgIpc) is 2.51. The first-order valence-corrected chi connectivity index (χ1v) is 6.62. The quantitative estimate of drug-likeness (QED) is 0.712. The second-order valence-corrected chi connectivity index (χ2v) is 4.81. The highest BCUT2D eigenvalue weighted by molar-refractivity contribution is 5.91. The second kappa shape index (κ2) is 5.44. The van der Waals surface area contributed by atoms with Crippen LogP contribution in [0.1, 0.15) is 5.56 Å². The number of fused-ring (bicyclic) bond motifs is 1. The number of carbonyl (C=O) groups is 1. The molecule has 0 aliphatic rings. The zero-order valence-corrected chi connectivity index (χ0v) is 11.7. The minimum absolute atomic E-state index is 0.107. The largest absolute Gasteiger partial charge is 0.511 e. The van der Waals surface area contributed by atoms with Crippen LogP contribution >= 0.6 is 0 Å². The topological polar surface area (TPSA) is 59.4 Å². The summed E-state index contributed by atoms with van der Waals surface area (Å²) in [5, 5.41) is 9.28. The molecule has 0 amide bonds. The number of ether oxygens (including phenoxy) is 1. The molecule has 0 saturated carbocycles. The van der Waals surface area contributed by atoms with Crippen molar-refractivity contribution in [3.8, 4) is 17.0 Å². The molecule has 1 aromatic heterocycles. The van der Waals surface area contributed by atoms with Gasteiger partial charge in [0.1, 0.15) is 11.6 Å². The molecule has 3 rings (SSSR count). The molecule has 0 fully saturated rings. The number of hydrogen-bond acceptors (Lipinski definition) is 3. The predicted octanol–water partition coefficient (Wildman–Crippen LogP) is 4.41. The van der Waals surface area contributed by atoms with E-state index in [-0.39, 0.29) is 5.75 Å². The predicted molar refractivity (Wildman–Crippen MR) is 80.5 cm³/mol. The summed E-state index contributed by atoms with van der Waals surface area (Å²) in [6.07, 6.45) is -1.45. The summed E-state index contributed by atoms with van der Waals surface area (Å²) < 4.78 is 18.4. The number of rotatable bonds is 2. The van der Waals surface area contributed by atoms with Crippen molar-refractivity contribution in [1.29, 1.82) is 0 Å². The maximum absolute atomic E-state index is 13.5. The average molecular weight is 297 g/mol. The van der Waals surface area contributed by atoms with Gasteiger partial charge < -0.3 is 9.84 Å². The normalized spacial score (nSPS) is 10.6. The summed E-state index contributed by atoms with van der Waals surface area (Å²) in [5.74, 6) is -0.368. The summed E-state index contributed by atoms with van der Waals surface area (Å²) in [7, 11) is 0. The monoisotopic (exact) mass is 297 g/mol. The fraction of sp³-hybridized carbons (Fsp3) is 0.0588. The van der Waals surface area contributed by atoms with Crippen molar-refractivity contribution in [1.82, 2.24) is 4.98 Å². The molecular weight excluding hydrogens is 285 g/mol. The van der Waals surface area contributed by atoms with E-state index in [0.717, 1.165) is 5.56 Å². The molecule has 110 valence electrons. The molecule has 4 nitrogen and oxygen atoms in total. The van der Waals surface area contributed by atoms with Crippen LogP contribution in [-0.2, 0) is 0 Å². The van der Waals surface area contributed by atoms with Gasteiger partial charge >= 0.3 is 6.16 Å². The summed E-state index contributed by atoms with van der Waals surface area (Å²) in [6, 6.07) is 13.4. The SMILES string of the molecule is Cc1c(-c2ccccc2)nc2ccc(F)cc2c1OC(=O)O. The molecule has 22 heavy (non-hydrogen) atoms. The number of carboxylic acid groups (broad SMARTS) is 1. The highest BCUT2D eigenvalue weighted by Crippen LogP contribution is 2.35. The van der Waals surface area contributed by atoms with Crippen LogP contribution in [-0.4, -0.2) is 16.2 Å². The maximum Gasteiger partial charge on any atom is 0.511 e. The molecular formula is C17H12FNO3. The number of halogens is 1. The van der Waals surface area contributed by atoms with E-state index in [0.29, 0.717) is 22.2 Å². The van der Waals surface area contributed by atoms with Crippen LogP contribution in [0.15, 0.2) is 48.5 Å². The van der Waals surface area contributed by atoms with E-state index in [1.165, 1.54) is 18.2 Å². The van der Waals surface area contributed by atoms with Crippen LogP contribution in [0, 0.1) is 12.7 Å². The van der Waals surface area contributed by atoms with Gasteiger partial charge in [-0.2, -0.15) is 0 Å². The molecule has 0 bridgehead atoms. The summed E-state index contributed by atoms with van der Waals surface area (Å²) in [5.41, 5.74) is 2.46. The first-order chi connectivity index (χ1) is 10.6. The van der Waals surface area contributed by atoms with Gasteiger partial charge in [-0.25, -0.2) is 14.2 Å². The lowest BCUT2D eigenvalue weighted by molar-refractivity contribution is 0.144. The molecule has 0 saturated heterocycles.